The van der Waals surface area contributed by atoms with Crippen molar-refractivity contribution in [2.45, 2.75) is 45.1 Å². The summed E-state index contributed by atoms with van der Waals surface area (Å²) in [5.41, 5.74) is 0.489. The van der Waals surface area contributed by atoms with Crippen LogP contribution < -0.4 is 4.90 Å². The second-order valence-electron chi connectivity index (χ2n) is 5.74. The van der Waals surface area contributed by atoms with Crippen molar-refractivity contribution in [3.8, 4) is 0 Å². The van der Waals surface area contributed by atoms with Crippen molar-refractivity contribution >= 4 is 11.8 Å². The number of aromatic carboxylic acids is 1. The van der Waals surface area contributed by atoms with Crippen LogP contribution in [0.5, 0.6) is 0 Å². The number of hydrogen-bond acceptors (Lipinski definition) is 4. The van der Waals surface area contributed by atoms with Gasteiger partial charge in [0.25, 0.3) is 0 Å². The van der Waals surface area contributed by atoms with Crippen LogP contribution >= 0.6 is 0 Å². The number of aryl methyl sites for hydroxylation is 1. The SMILES string of the molecule is CCCc1cc(C(=O)O)cc(N2CCC(C)(O)CC2)n1. The molecule has 0 bridgehead atoms. The van der Waals surface area contributed by atoms with Gasteiger partial charge in [-0.2, -0.15) is 0 Å². The lowest BCUT2D eigenvalue weighted by molar-refractivity contribution is 0.0349. The monoisotopic (exact) mass is 278 g/mol. The van der Waals surface area contributed by atoms with E-state index in [1.54, 1.807) is 12.1 Å². The summed E-state index contributed by atoms with van der Waals surface area (Å²) < 4.78 is 0. The van der Waals surface area contributed by atoms with Crippen LogP contribution in [0.2, 0.25) is 0 Å². The summed E-state index contributed by atoms with van der Waals surface area (Å²) in [6.07, 6.45) is 3.06. The highest BCUT2D eigenvalue weighted by molar-refractivity contribution is 5.88. The Morgan fingerprint density at radius 1 is 1.40 bits per heavy atom. The molecule has 1 aromatic heterocycles. The fraction of sp³-hybridized carbons (Fsp3) is 0.600. The molecule has 2 N–H and O–H groups in total. The van der Waals surface area contributed by atoms with Gasteiger partial charge in [-0.15, -0.1) is 0 Å². The zero-order chi connectivity index (χ0) is 14.8. The lowest BCUT2D eigenvalue weighted by Crippen LogP contribution is -2.42. The molecule has 1 saturated heterocycles. The van der Waals surface area contributed by atoms with Crippen LogP contribution in [0.4, 0.5) is 5.82 Å². The van der Waals surface area contributed by atoms with Gasteiger partial charge in [0.2, 0.25) is 0 Å². The van der Waals surface area contributed by atoms with Gasteiger partial charge >= 0.3 is 5.97 Å². The summed E-state index contributed by atoms with van der Waals surface area (Å²) in [5, 5.41) is 19.2. The largest absolute Gasteiger partial charge is 0.478 e. The Labute approximate surface area is 119 Å². The number of anilines is 1. The van der Waals surface area contributed by atoms with Gasteiger partial charge in [-0.05, 0) is 38.3 Å². The molecule has 1 aliphatic heterocycles. The van der Waals surface area contributed by atoms with E-state index in [1.165, 1.54) is 0 Å². The maximum absolute atomic E-state index is 11.2. The quantitative estimate of drug-likeness (QED) is 0.882. The van der Waals surface area contributed by atoms with E-state index in [-0.39, 0.29) is 5.56 Å². The van der Waals surface area contributed by atoms with E-state index in [4.69, 9.17) is 0 Å². The number of hydrogen-bond donors (Lipinski definition) is 2. The Balaban J connectivity index is 2.24. The third-order valence-electron chi connectivity index (χ3n) is 3.78. The maximum Gasteiger partial charge on any atom is 0.335 e. The molecule has 5 nitrogen and oxygen atoms in total. The summed E-state index contributed by atoms with van der Waals surface area (Å²) >= 11 is 0. The number of pyridine rings is 1. The molecule has 2 heterocycles. The maximum atomic E-state index is 11.2. The predicted molar refractivity (Wildman–Crippen MR) is 77.3 cm³/mol. The minimum atomic E-state index is -0.921. The topological polar surface area (TPSA) is 73.7 Å². The minimum Gasteiger partial charge on any atom is -0.478 e. The van der Waals surface area contributed by atoms with Gasteiger partial charge in [0, 0.05) is 18.8 Å². The van der Waals surface area contributed by atoms with E-state index in [0.717, 1.165) is 18.5 Å². The third-order valence-corrected chi connectivity index (χ3v) is 3.78. The van der Waals surface area contributed by atoms with Crippen molar-refractivity contribution in [1.29, 1.82) is 0 Å². The molecule has 20 heavy (non-hydrogen) atoms. The average Bonchev–Trinajstić information content (AvgIpc) is 2.38. The molecular weight excluding hydrogens is 256 g/mol. The zero-order valence-electron chi connectivity index (χ0n) is 12.1. The van der Waals surface area contributed by atoms with Gasteiger partial charge < -0.3 is 15.1 Å². The summed E-state index contributed by atoms with van der Waals surface area (Å²) in [6.45, 7) is 5.30. The molecule has 0 aromatic carbocycles. The van der Waals surface area contributed by atoms with E-state index in [9.17, 15) is 15.0 Å². The Morgan fingerprint density at radius 3 is 2.60 bits per heavy atom. The molecular formula is C15H22N2O3. The van der Waals surface area contributed by atoms with Gasteiger partial charge in [-0.25, -0.2) is 9.78 Å². The van der Waals surface area contributed by atoms with E-state index in [1.807, 2.05) is 13.8 Å². The summed E-state index contributed by atoms with van der Waals surface area (Å²) in [5.74, 6) is -0.209. The first-order chi connectivity index (χ1) is 9.41. The third kappa shape index (κ3) is 3.48. The summed E-state index contributed by atoms with van der Waals surface area (Å²) in [4.78, 5) is 17.8. The van der Waals surface area contributed by atoms with Crippen LogP contribution in [0.3, 0.4) is 0 Å². The van der Waals surface area contributed by atoms with E-state index in [2.05, 4.69) is 9.88 Å². The first-order valence-corrected chi connectivity index (χ1v) is 7.13. The van der Waals surface area contributed by atoms with Gasteiger partial charge in [-0.1, -0.05) is 13.3 Å². The molecule has 0 radical (unpaired) electrons. The number of rotatable bonds is 4. The number of nitrogens with zero attached hydrogens (tertiary/aromatic N) is 2. The van der Waals surface area contributed by atoms with Crippen molar-refractivity contribution < 1.29 is 15.0 Å². The number of aromatic nitrogens is 1. The molecule has 0 unspecified atom stereocenters. The zero-order valence-corrected chi connectivity index (χ0v) is 12.1. The Kier molecular flexibility index (Phi) is 4.28. The summed E-state index contributed by atoms with van der Waals surface area (Å²) in [6, 6.07) is 3.27. The highest BCUT2D eigenvalue weighted by atomic mass is 16.4. The molecule has 0 aliphatic carbocycles. The molecule has 2 rings (SSSR count). The molecule has 110 valence electrons. The van der Waals surface area contributed by atoms with Crippen molar-refractivity contribution in [2.24, 2.45) is 0 Å². The van der Waals surface area contributed by atoms with Crippen LogP contribution in [0.25, 0.3) is 0 Å². The van der Waals surface area contributed by atoms with Gasteiger partial charge in [0.1, 0.15) is 5.82 Å². The Bertz CT molecular complexity index is 490. The second kappa shape index (κ2) is 5.79. The van der Waals surface area contributed by atoms with E-state index >= 15 is 0 Å². The van der Waals surface area contributed by atoms with Crippen molar-refractivity contribution in [2.75, 3.05) is 18.0 Å². The van der Waals surface area contributed by atoms with Crippen molar-refractivity contribution in [1.82, 2.24) is 4.98 Å². The first-order valence-electron chi connectivity index (χ1n) is 7.13. The number of carboxylic acids is 1. The Hall–Kier alpha value is -1.62. The average molecular weight is 278 g/mol. The van der Waals surface area contributed by atoms with Gasteiger partial charge in [0.15, 0.2) is 0 Å². The van der Waals surface area contributed by atoms with Crippen LogP contribution in [0.1, 0.15) is 49.2 Å². The molecule has 0 saturated carbocycles. The molecule has 1 fully saturated rings. The second-order valence-corrected chi connectivity index (χ2v) is 5.74. The summed E-state index contributed by atoms with van der Waals surface area (Å²) in [7, 11) is 0. The van der Waals surface area contributed by atoms with Crippen molar-refractivity contribution in [3.05, 3.63) is 23.4 Å². The predicted octanol–water partition coefficient (Wildman–Crippen LogP) is 2.08. The highest BCUT2D eigenvalue weighted by Gasteiger charge is 2.28. The molecule has 5 heteroatoms. The van der Waals surface area contributed by atoms with Crippen LogP contribution in [0.15, 0.2) is 12.1 Å². The number of carboxylic acid groups (broad SMARTS) is 1. The standard InChI is InChI=1S/C15H22N2O3/c1-3-4-12-9-11(14(18)19)10-13(16-12)17-7-5-15(2,20)6-8-17/h9-10,20H,3-8H2,1-2H3,(H,18,19). The smallest absolute Gasteiger partial charge is 0.335 e. The van der Waals surface area contributed by atoms with Crippen molar-refractivity contribution in [3.63, 3.8) is 0 Å². The number of carbonyl (C=O) groups is 1. The van der Waals surface area contributed by atoms with E-state index in [0.29, 0.717) is 31.7 Å². The fourth-order valence-corrected chi connectivity index (χ4v) is 2.46. The van der Waals surface area contributed by atoms with Crippen LogP contribution in [-0.4, -0.2) is 39.9 Å². The highest BCUT2D eigenvalue weighted by Crippen LogP contribution is 2.25. The minimum absolute atomic E-state index is 0.288. The van der Waals surface area contributed by atoms with Crippen LogP contribution in [0, 0.1) is 0 Å². The molecule has 0 amide bonds. The van der Waals surface area contributed by atoms with Gasteiger partial charge in [-0.3, -0.25) is 0 Å². The lowest BCUT2D eigenvalue weighted by atomic mass is 9.94. The number of piperidine rings is 1. The molecule has 0 spiro atoms. The van der Waals surface area contributed by atoms with E-state index < -0.39 is 11.6 Å². The van der Waals surface area contributed by atoms with Gasteiger partial charge in [0.05, 0.1) is 11.2 Å². The number of aliphatic hydroxyl groups is 1. The molecule has 0 atom stereocenters. The molecule has 1 aliphatic rings. The first kappa shape index (κ1) is 14.8. The Morgan fingerprint density at radius 2 is 2.05 bits per heavy atom. The van der Waals surface area contributed by atoms with Crippen LogP contribution in [-0.2, 0) is 6.42 Å². The molecule has 1 aromatic rings. The fourth-order valence-electron chi connectivity index (χ4n) is 2.46. The lowest BCUT2D eigenvalue weighted by Gasteiger charge is -2.36. The normalized spacial score (nSPS) is 18.1.